The molecule has 2 fully saturated rings. The number of aromatic amines is 1. The standard InChI is InChI=1S/C25H25N3O3S/c1-31-23-18(15-5-7-16(8-6-15)27-13-3-2-4-14-27)11-12-19-21(23)28(17-9-10-17)25-20(22(19)29)24(30)26-32-25/h5-8,11-12,17H,2-4,9-10,13-14H2,1H3,(H,26,30). The second kappa shape index (κ2) is 7.52. The molecule has 164 valence electrons. The number of aromatic nitrogens is 2. The molecule has 4 aromatic rings. The van der Waals surface area contributed by atoms with E-state index in [1.165, 1.54) is 36.5 Å². The summed E-state index contributed by atoms with van der Waals surface area (Å²) in [7, 11) is 1.66. The first-order valence-electron chi connectivity index (χ1n) is 11.3. The summed E-state index contributed by atoms with van der Waals surface area (Å²) in [6, 6.07) is 12.7. The molecule has 3 heterocycles. The zero-order chi connectivity index (χ0) is 21.8. The summed E-state index contributed by atoms with van der Waals surface area (Å²) in [6.45, 7) is 2.23. The Hall–Kier alpha value is -3.06. The van der Waals surface area contributed by atoms with Gasteiger partial charge in [-0.3, -0.25) is 14.0 Å². The van der Waals surface area contributed by atoms with Gasteiger partial charge in [-0.15, -0.1) is 0 Å². The highest BCUT2D eigenvalue weighted by Gasteiger charge is 2.30. The Morgan fingerprint density at radius 1 is 1.00 bits per heavy atom. The molecule has 2 aliphatic rings. The molecule has 0 atom stereocenters. The number of methoxy groups -OCH3 is 1. The van der Waals surface area contributed by atoms with Crippen LogP contribution in [0.3, 0.4) is 0 Å². The highest BCUT2D eigenvalue weighted by atomic mass is 32.1. The summed E-state index contributed by atoms with van der Waals surface area (Å²) in [6.07, 6.45) is 5.89. The highest BCUT2D eigenvalue weighted by Crippen LogP contribution is 2.44. The Bertz CT molecular complexity index is 1440. The second-order valence-electron chi connectivity index (χ2n) is 8.78. The number of benzene rings is 2. The van der Waals surface area contributed by atoms with Crippen LogP contribution in [0.4, 0.5) is 5.69 Å². The lowest BCUT2D eigenvalue weighted by Crippen LogP contribution is -2.29. The van der Waals surface area contributed by atoms with Crippen molar-refractivity contribution < 1.29 is 4.74 Å². The first-order chi connectivity index (χ1) is 15.7. The van der Waals surface area contributed by atoms with Crippen LogP contribution in [0.1, 0.15) is 38.1 Å². The fraction of sp³-hybridized carbons (Fsp3) is 0.360. The maximum Gasteiger partial charge on any atom is 0.271 e. The van der Waals surface area contributed by atoms with Crippen molar-refractivity contribution >= 4 is 38.3 Å². The summed E-state index contributed by atoms with van der Waals surface area (Å²) in [5.41, 5.74) is 3.53. The van der Waals surface area contributed by atoms with Crippen LogP contribution >= 0.6 is 11.5 Å². The smallest absolute Gasteiger partial charge is 0.271 e. The number of nitrogens with one attached hydrogen (secondary N) is 1. The van der Waals surface area contributed by atoms with Crippen molar-refractivity contribution in [1.82, 2.24) is 8.94 Å². The van der Waals surface area contributed by atoms with Gasteiger partial charge in [0.2, 0.25) is 5.43 Å². The molecule has 1 aliphatic carbocycles. The van der Waals surface area contributed by atoms with Crippen molar-refractivity contribution in [2.75, 3.05) is 25.1 Å². The fourth-order valence-electron chi connectivity index (χ4n) is 5.01. The normalized spacial score (nSPS) is 16.7. The van der Waals surface area contributed by atoms with Crippen molar-refractivity contribution in [2.45, 2.75) is 38.1 Å². The van der Waals surface area contributed by atoms with Crippen LogP contribution in [0, 0.1) is 0 Å². The first kappa shape index (κ1) is 19.6. The molecule has 0 radical (unpaired) electrons. The van der Waals surface area contributed by atoms with Crippen LogP contribution in [-0.4, -0.2) is 29.1 Å². The molecule has 2 aromatic heterocycles. The third-order valence-corrected chi connectivity index (χ3v) is 7.64. The average molecular weight is 448 g/mol. The Kier molecular flexibility index (Phi) is 4.61. The van der Waals surface area contributed by atoms with Crippen molar-refractivity contribution in [3.05, 3.63) is 57.0 Å². The largest absolute Gasteiger partial charge is 0.494 e. The van der Waals surface area contributed by atoms with Gasteiger partial charge in [-0.25, -0.2) is 0 Å². The van der Waals surface area contributed by atoms with Crippen LogP contribution in [0.15, 0.2) is 46.0 Å². The van der Waals surface area contributed by atoms with Crippen LogP contribution in [-0.2, 0) is 0 Å². The summed E-state index contributed by atoms with van der Waals surface area (Å²) < 4.78 is 10.8. The minimum atomic E-state index is -0.303. The minimum absolute atomic E-state index is 0.223. The Morgan fingerprint density at radius 2 is 1.75 bits per heavy atom. The van der Waals surface area contributed by atoms with E-state index in [0.717, 1.165) is 42.6 Å². The number of rotatable bonds is 4. The number of anilines is 1. The van der Waals surface area contributed by atoms with Gasteiger partial charge in [0.05, 0.1) is 18.0 Å². The number of piperidine rings is 1. The summed E-state index contributed by atoms with van der Waals surface area (Å²) in [4.78, 5) is 28.7. The zero-order valence-corrected chi connectivity index (χ0v) is 18.8. The van der Waals surface area contributed by atoms with Gasteiger partial charge in [-0.1, -0.05) is 12.1 Å². The molecule has 6 nitrogen and oxygen atoms in total. The molecule has 1 saturated heterocycles. The molecule has 2 aromatic carbocycles. The van der Waals surface area contributed by atoms with Crippen LogP contribution in [0.25, 0.3) is 32.2 Å². The molecular formula is C25H25N3O3S. The number of hydrogen-bond acceptors (Lipinski definition) is 5. The molecule has 0 bridgehead atoms. The molecule has 6 rings (SSSR count). The topological polar surface area (TPSA) is 67.3 Å². The fourth-order valence-corrected chi connectivity index (χ4v) is 5.93. The van der Waals surface area contributed by atoms with Gasteiger partial charge in [-0.2, -0.15) is 0 Å². The predicted octanol–water partition coefficient (Wildman–Crippen LogP) is 4.91. The van der Waals surface area contributed by atoms with Crippen molar-refractivity contribution in [2.24, 2.45) is 0 Å². The minimum Gasteiger partial charge on any atom is -0.494 e. The number of H-pyrrole nitrogens is 1. The first-order valence-corrected chi connectivity index (χ1v) is 12.1. The van der Waals surface area contributed by atoms with Crippen LogP contribution < -0.4 is 20.6 Å². The highest BCUT2D eigenvalue weighted by molar-refractivity contribution is 7.12. The van der Waals surface area contributed by atoms with Gasteiger partial charge >= 0.3 is 0 Å². The number of hydrogen-bond donors (Lipinski definition) is 1. The van der Waals surface area contributed by atoms with E-state index in [9.17, 15) is 9.59 Å². The Morgan fingerprint density at radius 3 is 2.44 bits per heavy atom. The molecule has 32 heavy (non-hydrogen) atoms. The van der Waals surface area contributed by atoms with Crippen molar-refractivity contribution in [1.29, 1.82) is 0 Å². The molecule has 0 amide bonds. The summed E-state index contributed by atoms with van der Waals surface area (Å²) in [5, 5.41) is 0.800. The molecular weight excluding hydrogens is 422 g/mol. The monoisotopic (exact) mass is 447 g/mol. The third kappa shape index (κ3) is 2.98. The van der Waals surface area contributed by atoms with Gasteiger partial charge in [0, 0.05) is 30.4 Å². The number of fused-ring (bicyclic) bond motifs is 2. The molecule has 1 saturated carbocycles. The van der Waals surface area contributed by atoms with E-state index < -0.39 is 0 Å². The van der Waals surface area contributed by atoms with Crippen molar-refractivity contribution in [3.8, 4) is 16.9 Å². The maximum absolute atomic E-state index is 13.2. The zero-order valence-electron chi connectivity index (χ0n) is 18.0. The van der Waals surface area contributed by atoms with E-state index in [-0.39, 0.29) is 22.4 Å². The van der Waals surface area contributed by atoms with Crippen molar-refractivity contribution in [3.63, 3.8) is 0 Å². The van der Waals surface area contributed by atoms with E-state index in [1.807, 2.05) is 12.1 Å². The third-order valence-electron chi connectivity index (χ3n) is 6.76. The molecule has 1 N–H and O–H groups in total. The molecule has 1 aliphatic heterocycles. The molecule has 7 heteroatoms. The van der Waals surface area contributed by atoms with Crippen LogP contribution in [0.2, 0.25) is 0 Å². The van der Waals surface area contributed by atoms with Gasteiger partial charge in [-0.05, 0) is 73.5 Å². The van der Waals surface area contributed by atoms with E-state index in [0.29, 0.717) is 16.0 Å². The lowest BCUT2D eigenvalue weighted by molar-refractivity contribution is 0.419. The number of ether oxygens (including phenoxy) is 1. The lowest BCUT2D eigenvalue weighted by Gasteiger charge is -2.29. The van der Waals surface area contributed by atoms with Gasteiger partial charge in [0.1, 0.15) is 10.2 Å². The number of nitrogens with zero attached hydrogens (tertiary/aromatic N) is 2. The van der Waals surface area contributed by atoms with E-state index in [1.54, 1.807) is 7.11 Å². The van der Waals surface area contributed by atoms with Crippen LogP contribution in [0.5, 0.6) is 5.75 Å². The SMILES string of the molecule is COc1c(-c2ccc(N3CCCCC3)cc2)ccc2c(=O)c3c(=O)[nH]sc3n(C3CC3)c12. The maximum atomic E-state index is 13.2. The van der Waals surface area contributed by atoms with Gasteiger partial charge < -0.3 is 14.2 Å². The summed E-state index contributed by atoms with van der Waals surface area (Å²) >= 11 is 1.24. The average Bonchev–Trinajstić information content (AvgIpc) is 3.60. The quantitative estimate of drug-likeness (QED) is 0.483. The molecule has 0 spiro atoms. The number of pyridine rings is 1. The van der Waals surface area contributed by atoms with Gasteiger partial charge in [0.25, 0.3) is 5.56 Å². The second-order valence-corrected chi connectivity index (χ2v) is 9.58. The summed E-state index contributed by atoms with van der Waals surface area (Å²) in [5.74, 6) is 0.694. The Balaban J connectivity index is 1.56. The molecule has 0 unspecified atom stereocenters. The van der Waals surface area contributed by atoms with Gasteiger partial charge in [0.15, 0.2) is 5.75 Å². The lowest BCUT2D eigenvalue weighted by atomic mass is 10.00. The Labute approximate surface area is 189 Å². The van der Waals surface area contributed by atoms with E-state index in [2.05, 4.69) is 38.1 Å². The van der Waals surface area contributed by atoms with E-state index in [4.69, 9.17) is 4.74 Å². The van der Waals surface area contributed by atoms with E-state index >= 15 is 0 Å². The predicted molar refractivity (Wildman–Crippen MR) is 131 cm³/mol.